The Hall–Kier alpha value is -1.92. The lowest BCUT2D eigenvalue weighted by atomic mass is 10.2. The monoisotopic (exact) mass is 275 g/mol. The van der Waals surface area contributed by atoms with E-state index in [1.807, 2.05) is 24.6 Å². The van der Waals surface area contributed by atoms with Crippen LogP contribution in [0.2, 0.25) is 0 Å². The highest BCUT2D eigenvalue weighted by Gasteiger charge is 2.03. The molecule has 4 N–H and O–H groups in total. The van der Waals surface area contributed by atoms with Gasteiger partial charge in [-0.25, -0.2) is 10.8 Å². The molecule has 0 aromatic carbocycles. The molecule has 0 amide bonds. The molecule has 0 saturated heterocycles. The van der Waals surface area contributed by atoms with Crippen LogP contribution in [0.5, 0.6) is 0 Å². The Morgan fingerprint density at radius 2 is 2.37 bits per heavy atom. The molecule has 100 valence electrons. The SMILES string of the molecule is Cc1ncsc1CCN(N)/C=C(\N)c1cccnc1. The number of aryl methyl sites for hydroxylation is 1. The number of hydrazine groups is 1. The Bertz CT molecular complexity index is 549. The van der Waals surface area contributed by atoms with Gasteiger partial charge in [-0.2, -0.15) is 0 Å². The van der Waals surface area contributed by atoms with Gasteiger partial charge in [-0.05, 0) is 19.1 Å². The highest BCUT2D eigenvalue weighted by molar-refractivity contribution is 7.09. The summed E-state index contributed by atoms with van der Waals surface area (Å²) in [4.78, 5) is 9.49. The van der Waals surface area contributed by atoms with Gasteiger partial charge in [0.1, 0.15) is 0 Å². The van der Waals surface area contributed by atoms with Crippen molar-refractivity contribution in [2.24, 2.45) is 11.6 Å². The molecule has 2 rings (SSSR count). The zero-order valence-electron chi connectivity index (χ0n) is 10.8. The zero-order chi connectivity index (χ0) is 13.7. The number of nitrogens with zero attached hydrogens (tertiary/aromatic N) is 3. The number of rotatable bonds is 5. The van der Waals surface area contributed by atoms with Crippen molar-refractivity contribution in [1.82, 2.24) is 15.0 Å². The third kappa shape index (κ3) is 3.77. The van der Waals surface area contributed by atoms with Crippen LogP contribution < -0.4 is 11.6 Å². The first-order valence-corrected chi connectivity index (χ1v) is 6.83. The van der Waals surface area contributed by atoms with E-state index in [4.69, 9.17) is 11.6 Å². The van der Waals surface area contributed by atoms with Gasteiger partial charge in [-0.3, -0.25) is 4.98 Å². The van der Waals surface area contributed by atoms with Crippen LogP contribution in [0.15, 0.2) is 36.2 Å². The second kappa shape index (κ2) is 6.31. The van der Waals surface area contributed by atoms with E-state index in [2.05, 4.69) is 9.97 Å². The van der Waals surface area contributed by atoms with Crippen LogP contribution in [0.25, 0.3) is 5.70 Å². The van der Waals surface area contributed by atoms with Gasteiger partial charge in [0.15, 0.2) is 0 Å². The third-order valence-corrected chi connectivity index (χ3v) is 3.74. The molecule has 5 nitrogen and oxygen atoms in total. The van der Waals surface area contributed by atoms with E-state index >= 15 is 0 Å². The van der Waals surface area contributed by atoms with Crippen molar-refractivity contribution in [3.63, 3.8) is 0 Å². The number of hydrogen-bond acceptors (Lipinski definition) is 6. The Morgan fingerprint density at radius 1 is 1.53 bits per heavy atom. The summed E-state index contributed by atoms with van der Waals surface area (Å²) < 4.78 is 0. The molecule has 0 spiro atoms. The fraction of sp³-hybridized carbons (Fsp3) is 0.231. The second-order valence-electron chi connectivity index (χ2n) is 4.17. The van der Waals surface area contributed by atoms with Gasteiger partial charge < -0.3 is 10.7 Å². The van der Waals surface area contributed by atoms with Crippen molar-refractivity contribution < 1.29 is 0 Å². The van der Waals surface area contributed by atoms with E-state index in [0.29, 0.717) is 12.2 Å². The molecule has 0 unspecified atom stereocenters. The summed E-state index contributed by atoms with van der Waals surface area (Å²) >= 11 is 1.65. The van der Waals surface area contributed by atoms with Crippen LogP contribution in [-0.4, -0.2) is 21.5 Å². The second-order valence-corrected chi connectivity index (χ2v) is 5.11. The van der Waals surface area contributed by atoms with E-state index in [1.165, 1.54) is 4.88 Å². The van der Waals surface area contributed by atoms with Gasteiger partial charge in [-0.15, -0.1) is 11.3 Å². The molecule has 0 saturated carbocycles. The predicted octanol–water partition coefficient (Wildman–Crippen LogP) is 1.52. The minimum absolute atomic E-state index is 0.608. The largest absolute Gasteiger partial charge is 0.397 e. The van der Waals surface area contributed by atoms with Gasteiger partial charge in [0.05, 0.1) is 16.9 Å². The Morgan fingerprint density at radius 3 is 3.00 bits per heavy atom. The van der Waals surface area contributed by atoms with Crippen molar-refractivity contribution in [2.45, 2.75) is 13.3 Å². The molecule has 2 heterocycles. The van der Waals surface area contributed by atoms with E-state index in [9.17, 15) is 0 Å². The van der Waals surface area contributed by atoms with Crippen molar-refractivity contribution in [3.05, 3.63) is 52.4 Å². The fourth-order valence-corrected chi connectivity index (χ4v) is 2.42. The van der Waals surface area contributed by atoms with Gasteiger partial charge in [0, 0.05) is 42.0 Å². The van der Waals surface area contributed by atoms with Gasteiger partial charge in [0.2, 0.25) is 0 Å². The number of thiazole rings is 1. The maximum atomic E-state index is 5.96. The molecular formula is C13H17N5S. The summed E-state index contributed by atoms with van der Waals surface area (Å²) in [5, 5.41) is 1.60. The van der Waals surface area contributed by atoms with Crippen LogP contribution >= 0.6 is 11.3 Å². The lowest BCUT2D eigenvalue weighted by Crippen LogP contribution is -2.28. The highest BCUT2D eigenvalue weighted by atomic mass is 32.1. The van der Waals surface area contributed by atoms with E-state index in [1.54, 1.807) is 34.9 Å². The lowest BCUT2D eigenvalue weighted by Gasteiger charge is -2.14. The molecule has 0 radical (unpaired) electrons. The van der Waals surface area contributed by atoms with Crippen LogP contribution in [0.3, 0.4) is 0 Å². The molecule has 0 aliphatic heterocycles. The minimum Gasteiger partial charge on any atom is -0.397 e. The van der Waals surface area contributed by atoms with Gasteiger partial charge in [-0.1, -0.05) is 0 Å². The minimum atomic E-state index is 0.608. The first kappa shape index (κ1) is 13.5. The van der Waals surface area contributed by atoms with Crippen LogP contribution in [-0.2, 0) is 6.42 Å². The average molecular weight is 275 g/mol. The van der Waals surface area contributed by atoms with E-state index < -0.39 is 0 Å². The molecule has 2 aromatic heterocycles. The summed E-state index contributed by atoms with van der Waals surface area (Å²) in [7, 11) is 0. The molecule has 0 aliphatic carbocycles. The normalized spacial score (nSPS) is 11.6. The average Bonchev–Trinajstić information content (AvgIpc) is 2.83. The predicted molar refractivity (Wildman–Crippen MR) is 77.8 cm³/mol. The maximum Gasteiger partial charge on any atom is 0.0797 e. The highest BCUT2D eigenvalue weighted by Crippen LogP contribution is 2.13. The van der Waals surface area contributed by atoms with Crippen molar-refractivity contribution in [3.8, 4) is 0 Å². The molecular weight excluding hydrogens is 258 g/mol. The van der Waals surface area contributed by atoms with Crippen LogP contribution in [0.1, 0.15) is 16.1 Å². The van der Waals surface area contributed by atoms with Crippen LogP contribution in [0, 0.1) is 6.92 Å². The maximum absolute atomic E-state index is 5.96. The number of nitrogens with two attached hydrogens (primary N) is 2. The zero-order valence-corrected chi connectivity index (χ0v) is 11.6. The summed E-state index contributed by atoms with van der Waals surface area (Å²) in [6.45, 7) is 2.70. The van der Waals surface area contributed by atoms with Gasteiger partial charge in [0.25, 0.3) is 0 Å². The molecule has 6 heteroatoms. The number of aromatic nitrogens is 2. The molecule has 2 aromatic rings. The quantitative estimate of drug-likeness (QED) is 0.639. The molecule has 0 bridgehead atoms. The fourth-order valence-electron chi connectivity index (χ4n) is 1.65. The Kier molecular flexibility index (Phi) is 4.48. The first-order chi connectivity index (χ1) is 9.16. The van der Waals surface area contributed by atoms with E-state index in [0.717, 1.165) is 17.7 Å². The van der Waals surface area contributed by atoms with Crippen molar-refractivity contribution in [2.75, 3.05) is 6.54 Å². The Labute approximate surface area is 116 Å². The molecule has 0 atom stereocenters. The molecule has 0 fully saturated rings. The number of hydrogen-bond donors (Lipinski definition) is 2. The standard InChI is InChI=1S/C13H17N5S/c1-10-13(19-9-17-10)4-6-18(15)8-12(14)11-3-2-5-16-7-11/h2-3,5,7-9H,4,6,14-15H2,1H3/b12-8-. The van der Waals surface area contributed by atoms with Crippen molar-refractivity contribution >= 4 is 17.0 Å². The Balaban J connectivity index is 1.94. The summed E-state index contributed by atoms with van der Waals surface area (Å²) in [5.41, 5.74) is 10.4. The lowest BCUT2D eigenvalue weighted by molar-refractivity contribution is 0.400. The molecule has 0 aliphatic rings. The van der Waals surface area contributed by atoms with Crippen LogP contribution in [0.4, 0.5) is 0 Å². The summed E-state index contributed by atoms with van der Waals surface area (Å²) in [6.07, 6.45) is 6.02. The topological polar surface area (TPSA) is 81.1 Å². The molecule has 19 heavy (non-hydrogen) atoms. The number of pyridine rings is 1. The van der Waals surface area contributed by atoms with Crippen molar-refractivity contribution in [1.29, 1.82) is 0 Å². The first-order valence-electron chi connectivity index (χ1n) is 5.95. The third-order valence-electron chi connectivity index (χ3n) is 2.74. The van der Waals surface area contributed by atoms with Gasteiger partial charge >= 0.3 is 0 Å². The summed E-state index contributed by atoms with van der Waals surface area (Å²) in [6, 6.07) is 3.75. The van der Waals surface area contributed by atoms with E-state index in [-0.39, 0.29) is 0 Å². The smallest absolute Gasteiger partial charge is 0.0797 e. The summed E-state index contributed by atoms with van der Waals surface area (Å²) in [5.74, 6) is 5.92.